The molecule has 0 unspecified atom stereocenters. The molecule has 2 heterocycles. The van der Waals surface area contributed by atoms with Crippen LogP contribution in [0.15, 0.2) is 42.5 Å². The number of amides is 3. The molecule has 152 valence electrons. The highest BCUT2D eigenvalue weighted by Gasteiger charge is 2.44. The molecule has 7 nitrogen and oxygen atoms in total. The summed E-state index contributed by atoms with van der Waals surface area (Å²) in [6, 6.07) is 12.4. The lowest BCUT2D eigenvalue weighted by molar-refractivity contribution is 0.0815. The van der Waals surface area contributed by atoms with Crippen LogP contribution in [0.4, 0.5) is 16.2 Å². The van der Waals surface area contributed by atoms with Crippen molar-refractivity contribution in [1.82, 2.24) is 10.2 Å². The summed E-state index contributed by atoms with van der Waals surface area (Å²) in [7, 11) is 3.56. The Morgan fingerprint density at radius 2 is 1.97 bits per heavy atom. The third kappa shape index (κ3) is 3.58. The van der Waals surface area contributed by atoms with Gasteiger partial charge in [-0.2, -0.15) is 0 Å². The van der Waals surface area contributed by atoms with Crippen molar-refractivity contribution >= 4 is 34.9 Å². The summed E-state index contributed by atoms with van der Waals surface area (Å²) in [6.45, 7) is 1.06. The molecule has 2 N–H and O–H groups in total. The molecule has 2 aromatic carbocycles. The fourth-order valence-electron chi connectivity index (χ4n) is 4.02. The van der Waals surface area contributed by atoms with Crippen LogP contribution in [0.25, 0.3) is 0 Å². The predicted octanol–water partition coefficient (Wildman–Crippen LogP) is 3.55. The van der Waals surface area contributed by atoms with E-state index in [2.05, 4.69) is 15.5 Å². The van der Waals surface area contributed by atoms with Crippen LogP contribution >= 0.6 is 11.6 Å². The van der Waals surface area contributed by atoms with Crippen LogP contribution in [0.3, 0.4) is 0 Å². The van der Waals surface area contributed by atoms with Gasteiger partial charge in [-0.3, -0.25) is 4.79 Å². The van der Waals surface area contributed by atoms with E-state index in [1.54, 1.807) is 30.2 Å². The molecule has 2 aliphatic rings. The average Bonchev–Trinajstić information content (AvgIpc) is 2.73. The molecule has 0 atom stereocenters. The number of carbonyl (C=O) groups is 2. The number of hydrogen-bond donors (Lipinski definition) is 2. The largest absolute Gasteiger partial charge is 0.497 e. The fourth-order valence-corrected chi connectivity index (χ4v) is 4.19. The van der Waals surface area contributed by atoms with E-state index >= 15 is 0 Å². The van der Waals surface area contributed by atoms with Gasteiger partial charge < -0.3 is 25.2 Å². The van der Waals surface area contributed by atoms with Gasteiger partial charge in [0, 0.05) is 49.8 Å². The molecule has 1 spiro atoms. The van der Waals surface area contributed by atoms with E-state index in [9.17, 15) is 9.59 Å². The van der Waals surface area contributed by atoms with Gasteiger partial charge in [-0.15, -0.1) is 0 Å². The number of nitrogens with one attached hydrogen (secondary N) is 2. The average molecular weight is 415 g/mol. The maximum absolute atomic E-state index is 12.7. The monoisotopic (exact) mass is 414 g/mol. The van der Waals surface area contributed by atoms with E-state index in [1.807, 2.05) is 31.3 Å². The molecule has 3 amide bonds. The minimum atomic E-state index is -0.509. The van der Waals surface area contributed by atoms with Crippen molar-refractivity contribution in [1.29, 1.82) is 0 Å². The topological polar surface area (TPSA) is 73.9 Å². The van der Waals surface area contributed by atoms with Gasteiger partial charge in [-0.25, -0.2) is 4.79 Å². The van der Waals surface area contributed by atoms with Crippen LogP contribution < -0.4 is 20.3 Å². The number of hydrogen-bond acceptors (Lipinski definition) is 4. The number of urea groups is 1. The summed E-state index contributed by atoms with van der Waals surface area (Å²) in [5.74, 6) is 0.556. The number of benzene rings is 2. The van der Waals surface area contributed by atoms with Crippen LogP contribution in [0.1, 0.15) is 23.2 Å². The summed E-state index contributed by atoms with van der Waals surface area (Å²) in [5.41, 5.74) is 1.60. The zero-order valence-corrected chi connectivity index (χ0v) is 17.1. The highest BCUT2D eigenvalue weighted by molar-refractivity contribution is 6.31. The van der Waals surface area contributed by atoms with E-state index in [0.29, 0.717) is 48.0 Å². The number of ether oxygens (including phenoxy) is 1. The zero-order chi connectivity index (χ0) is 20.6. The van der Waals surface area contributed by atoms with Gasteiger partial charge >= 0.3 is 6.03 Å². The standard InChI is InChI=1S/C21H23ClN4O3/c1-25-18-7-6-14(22)12-17(18)19(27)24-21(25)8-10-26(11-9-21)20(28)23-15-4-3-5-16(13-15)29-2/h3-7,12-13H,8-11H2,1-2H3,(H,23,28)(H,24,27). The highest BCUT2D eigenvalue weighted by atomic mass is 35.5. The number of nitrogens with zero attached hydrogens (tertiary/aromatic N) is 2. The number of likely N-dealkylation sites (tertiary alicyclic amines) is 1. The van der Waals surface area contributed by atoms with Gasteiger partial charge in [-0.05, 0) is 30.3 Å². The predicted molar refractivity (Wildman–Crippen MR) is 113 cm³/mol. The van der Waals surface area contributed by atoms with Crippen LogP contribution in [0.5, 0.6) is 5.75 Å². The quantitative estimate of drug-likeness (QED) is 0.788. The van der Waals surface area contributed by atoms with Crippen molar-refractivity contribution in [2.24, 2.45) is 0 Å². The Kier molecular flexibility index (Phi) is 5.00. The second-order valence-corrected chi connectivity index (χ2v) is 7.79. The molecular formula is C21H23ClN4O3. The van der Waals surface area contributed by atoms with Crippen LogP contribution in [-0.2, 0) is 0 Å². The number of carbonyl (C=O) groups excluding carboxylic acids is 2. The molecule has 0 radical (unpaired) electrons. The van der Waals surface area contributed by atoms with Crippen LogP contribution in [0, 0.1) is 0 Å². The lowest BCUT2D eigenvalue weighted by Gasteiger charge is -2.51. The molecule has 0 aliphatic carbocycles. The van der Waals surface area contributed by atoms with Gasteiger partial charge in [0.15, 0.2) is 0 Å². The fraction of sp³-hybridized carbons (Fsp3) is 0.333. The van der Waals surface area contributed by atoms with Crippen LogP contribution in [0.2, 0.25) is 5.02 Å². The lowest BCUT2D eigenvalue weighted by Crippen LogP contribution is -2.67. The van der Waals surface area contributed by atoms with Crippen molar-refractivity contribution < 1.29 is 14.3 Å². The molecule has 4 rings (SSSR count). The molecule has 0 bridgehead atoms. The highest BCUT2D eigenvalue weighted by Crippen LogP contribution is 2.37. The number of anilines is 2. The molecule has 2 aromatic rings. The van der Waals surface area contributed by atoms with Crippen molar-refractivity contribution in [3.63, 3.8) is 0 Å². The molecule has 0 saturated carbocycles. The summed E-state index contributed by atoms with van der Waals surface area (Å²) in [6.07, 6.45) is 1.26. The SMILES string of the molecule is COc1cccc(NC(=O)N2CCC3(CC2)NC(=O)c2cc(Cl)ccc2N3C)c1. The maximum atomic E-state index is 12.7. The first-order valence-corrected chi connectivity index (χ1v) is 9.85. The van der Waals surface area contributed by atoms with E-state index in [1.165, 1.54) is 0 Å². The number of rotatable bonds is 2. The van der Waals surface area contributed by atoms with E-state index in [-0.39, 0.29) is 11.9 Å². The van der Waals surface area contributed by atoms with Crippen molar-refractivity contribution in [2.75, 3.05) is 37.5 Å². The van der Waals surface area contributed by atoms with Crippen molar-refractivity contribution in [2.45, 2.75) is 18.5 Å². The second kappa shape index (κ2) is 7.48. The third-order valence-corrected chi connectivity index (χ3v) is 5.99. The number of halogens is 1. The Labute approximate surface area is 174 Å². The van der Waals surface area contributed by atoms with Gasteiger partial charge in [0.25, 0.3) is 5.91 Å². The third-order valence-electron chi connectivity index (χ3n) is 5.75. The van der Waals surface area contributed by atoms with E-state index in [0.717, 1.165) is 5.69 Å². The van der Waals surface area contributed by atoms with Gasteiger partial charge in [0.05, 0.1) is 18.4 Å². The van der Waals surface area contributed by atoms with Crippen LogP contribution in [-0.4, -0.2) is 49.7 Å². The first-order valence-electron chi connectivity index (χ1n) is 9.48. The Balaban J connectivity index is 1.45. The van der Waals surface area contributed by atoms with Crippen molar-refractivity contribution in [3.8, 4) is 5.75 Å². The Morgan fingerprint density at radius 1 is 1.21 bits per heavy atom. The zero-order valence-electron chi connectivity index (χ0n) is 16.4. The van der Waals surface area contributed by atoms with Gasteiger partial charge in [-0.1, -0.05) is 17.7 Å². The summed E-state index contributed by atoms with van der Waals surface area (Å²) < 4.78 is 5.20. The number of methoxy groups -OCH3 is 1. The van der Waals surface area contributed by atoms with E-state index in [4.69, 9.17) is 16.3 Å². The maximum Gasteiger partial charge on any atom is 0.321 e. The Morgan fingerprint density at radius 3 is 2.69 bits per heavy atom. The minimum absolute atomic E-state index is 0.130. The molecule has 2 aliphatic heterocycles. The summed E-state index contributed by atoms with van der Waals surface area (Å²) >= 11 is 6.05. The summed E-state index contributed by atoms with van der Waals surface area (Å²) in [5, 5.41) is 6.59. The second-order valence-electron chi connectivity index (χ2n) is 7.36. The minimum Gasteiger partial charge on any atom is -0.497 e. The molecule has 29 heavy (non-hydrogen) atoms. The van der Waals surface area contributed by atoms with E-state index < -0.39 is 5.66 Å². The lowest BCUT2D eigenvalue weighted by atomic mass is 9.90. The van der Waals surface area contributed by atoms with Gasteiger partial charge in [0.2, 0.25) is 0 Å². The molecular weight excluding hydrogens is 392 g/mol. The molecule has 1 saturated heterocycles. The normalized spacial score (nSPS) is 17.6. The first-order chi connectivity index (χ1) is 13.9. The molecule has 0 aromatic heterocycles. The molecule has 1 fully saturated rings. The first kappa shape index (κ1) is 19.4. The Hall–Kier alpha value is -2.93. The van der Waals surface area contributed by atoms with Crippen molar-refractivity contribution in [3.05, 3.63) is 53.1 Å². The summed E-state index contributed by atoms with van der Waals surface area (Å²) in [4.78, 5) is 29.2. The number of piperidine rings is 1. The Bertz CT molecular complexity index is 957. The number of fused-ring (bicyclic) bond motifs is 1. The van der Waals surface area contributed by atoms with Gasteiger partial charge in [0.1, 0.15) is 11.4 Å². The molecule has 8 heteroatoms. The smallest absolute Gasteiger partial charge is 0.321 e.